The minimum Gasteiger partial charge on any atom is -0.497 e. The lowest BCUT2D eigenvalue weighted by Gasteiger charge is -2.32. The van der Waals surface area contributed by atoms with Crippen molar-refractivity contribution in [3.63, 3.8) is 0 Å². The molecule has 3 aromatic carbocycles. The van der Waals surface area contributed by atoms with E-state index in [-0.39, 0.29) is 4.90 Å². The van der Waals surface area contributed by atoms with Crippen LogP contribution in [0.15, 0.2) is 77.7 Å². The largest absolute Gasteiger partial charge is 0.497 e. The summed E-state index contributed by atoms with van der Waals surface area (Å²) >= 11 is 0. The molecule has 0 heterocycles. The fourth-order valence-electron chi connectivity index (χ4n) is 3.36. The predicted octanol–water partition coefficient (Wildman–Crippen LogP) is 4.97. The number of rotatable bonds is 7. The molecule has 3 rings (SSSR count). The molecule has 1 atom stereocenters. The number of ether oxygens (including phenoxy) is 2. The topological polar surface area (TPSA) is 55.8 Å². The predicted molar refractivity (Wildman–Crippen MR) is 115 cm³/mol. The third kappa shape index (κ3) is 4.22. The Morgan fingerprint density at radius 1 is 0.828 bits per heavy atom. The van der Waals surface area contributed by atoms with Crippen LogP contribution in [0.4, 0.5) is 5.69 Å². The zero-order valence-electron chi connectivity index (χ0n) is 17.0. The van der Waals surface area contributed by atoms with Gasteiger partial charge in [-0.2, -0.15) is 0 Å². The van der Waals surface area contributed by atoms with Gasteiger partial charge in [0.05, 0.1) is 30.8 Å². The summed E-state index contributed by atoms with van der Waals surface area (Å²) in [4.78, 5) is 0.196. The van der Waals surface area contributed by atoms with E-state index in [1.807, 2.05) is 38.1 Å². The molecule has 152 valence electrons. The summed E-state index contributed by atoms with van der Waals surface area (Å²) in [6.45, 7) is 3.87. The van der Waals surface area contributed by atoms with Gasteiger partial charge < -0.3 is 9.47 Å². The first kappa shape index (κ1) is 20.7. The highest BCUT2D eigenvalue weighted by Gasteiger charge is 2.31. The maximum absolute atomic E-state index is 13.7. The van der Waals surface area contributed by atoms with E-state index in [2.05, 4.69) is 0 Å². The maximum Gasteiger partial charge on any atom is 0.264 e. The molecule has 0 unspecified atom stereocenters. The summed E-state index contributed by atoms with van der Waals surface area (Å²) in [6.07, 6.45) is 0. The lowest BCUT2D eigenvalue weighted by atomic mass is 10.0. The first-order valence-electron chi connectivity index (χ1n) is 9.26. The minimum atomic E-state index is -3.85. The Labute approximate surface area is 172 Å². The van der Waals surface area contributed by atoms with Gasteiger partial charge in [-0.05, 0) is 61.4 Å². The van der Waals surface area contributed by atoms with Crippen molar-refractivity contribution in [1.29, 1.82) is 0 Å². The van der Waals surface area contributed by atoms with Gasteiger partial charge in [0.2, 0.25) is 0 Å². The number of anilines is 1. The standard InChI is InChI=1S/C23H25NO4S/c1-17-8-5-6-11-23(17)18(2)24(19-9-7-10-21(16-19)28-4)29(25,26)22-14-12-20(27-3)13-15-22/h5-16,18H,1-4H3/t18-/m1/s1. The van der Waals surface area contributed by atoms with E-state index >= 15 is 0 Å². The zero-order valence-corrected chi connectivity index (χ0v) is 17.8. The van der Waals surface area contributed by atoms with Gasteiger partial charge >= 0.3 is 0 Å². The van der Waals surface area contributed by atoms with E-state index in [9.17, 15) is 8.42 Å². The molecule has 0 aliphatic carbocycles. The molecule has 0 N–H and O–H groups in total. The van der Waals surface area contributed by atoms with Crippen molar-refractivity contribution in [3.8, 4) is 11.5 Å². The molecule has 0 aromatic heterocycles. The normalized spacial score (nSPS) is 12.3. The lowest BCUT2D eigenvalue weighted by molar-refractivity contribution is 0.414. The quantitative estimate of drug-likeness (QED) is 0.551. The molecular formula is C23H25NO4S. The van der Waals surface area contributed by atoms with Gasteiger partial charge in [-0.15, -0.1) is 0 Å². The lowest BCUT2D eigenvalue weighted by Crippen LogP contribution is -2.34. The summed E-state index contributed by atoms with van der Waals surface area (Å²) in [5.74, 6) is 1.19. The minimum absolute atomic E-state index is 0.196. The average Bonchev–Trinajstić information content (AvgIpc) is 2.74. The third-order valence-electron chi connectivity index (χ3n) is 4.91. The highest BCUT2D eigenvalue weighted by Crippen LogP contribution is 2.36. The summed E-state index contributed by atoms with van der Waals surface area (Å²) in [7, 11) is -0.736. The number of hydrogen-bond donors (Lipinski definition) is 0. The van der Waals surface area contributed by atoms with Gasteiger partial charge in [-0.3, -0.25) is 4.31 Å². The van der Waals surface area contributed by atoms with Gasteiger partial charge in [0, 0.05) is 6.07 Å². The Hall–Kier alpha value is -2.99. The Morgan fingerprint density at radius 2 is 1.48 bits per heavy atom. The smallest absolute Gasteiger partial charge is 0.264 e. The molecule has 0 saturated carbocycles. The fourth-order valence-corrected chi connectivity index (χ4v) is 4.99. The maximum atomic E-state index is 13.7. The van der Waals surface area contributed by atoms with Crippen molar-refractivity contribution in [2.75, 3.05) is 18.5 Å². The number of methoxy groups -OCH3 is 2. The van der Waals surface area contributed by atoms with Crippen molar-refractivity contribution in [2.45, 2.75) is 24.8 Å². The number of hydrogen-bond acceptors (Lipinski definition) is 4. The Kier molecular flexibility index (Phi) is 6.13. The molecule has 6 heteroatoms. The molecule has 0 amide bonds. The second kappa shape index (κ2) is 8.57. The van der Waals surface area contributed by atoms with E-state index in [1.165, 1.54) is 4.31 Å². The highest BCUT2D eigenvalue weighted by molar-refractivity contribution is 7.92. The van der Waals surface area contributed by atoms with E-state index in [4.69, 9.17) is 9.47 Å². The SMILES string of the molecule is COc1ccc(S(=O)(=O)N(c2cccc(OC)c2)[C@H](C)c2ccccc2C)cc1. The fraction of sp³-hybridized carbons (Fsp3) is 0.217. The third-order valence-corrected chi connectivity index (χ3v) is 6.83. The highest BCUT2D eigenvalue weighted by atomic mass is 32.2. The van der Waals surface area contributed by atoms with Crippen molar-refractivity contribution in [2.24, 2.45) is 0 Å². The number of benzene rings is 3. The van der Waals surface area contributed by atoms with Gasteiger partial charge in [-0.25, -0.2) is 8.42 Å². The van der Waals surface area contributed by atoms with Crippen molar-refractivity contribution >= 4 is 15.7 Å². The number of sulfonamides is 1. The summed E-state index contributed by atoms with van der Waals surface area (Å²) in [6, 6.07) is 20.9. The van der Waals surface area contributed by atoms with Crippen LogP contribution in [0.5, 0.6) is 11.5 Å². The van der Waals surface area contributed by atoms with Gasteiger partial charge in [-0.1, -0.05) is 30.3 Å². The van der Waals surface area contributed by atoms with Crippen LogP contribution in [0.2, 0.25) is 0 Å². The van der Waals surface area contributed by atoms with Crippen molar-refractivity contribution < 1.29 is 17.9 Å². The van der Waals surface area contributed by atoms with Gasteiger partial charge in [0.25, 0.3) is 10.0 Å². The molecule has 5 nitrogen and oxygen atoms in total. The van der Waals surface area contributed by atoms with Crippen molar-refractivity contribution in [3.05, 3.63) is 83.9 Å². The van der Waals surface area contributed by atoms with E-state index in [0.29, 0.717) is 17.2 Å². The molecule has 29 heavy (non-hydrogen) atoms. The Morgan fingerprint density at radius 3 is 2.10 bits per heavy atom. The van der Waals surface area contributed by atoms with Gasteiger partial charge in [0.1, 0.15) is 11.5 Å². The summed E-state index contributed by atoms with van der Waals surface area (Å²) in [5.41, 5.74) is 2.50. The monoisotopic (exact) mass is 411 g/mol. The summed E-state index contributed by atoms with van der Waals surface area (Å²) < 4.78 is 39.3. The van der Waals surface area contributed by atoms with Crippen LogP contribution in [0.1, 0.15) is 24.1 Å². The van der Waals surface area contributed by atoms with Crippen LogP contribution in [0, 0.1) is 6.92 Å². The Bertz CT molecular complexity index is 1080. The number of nitrogens with zero attached hydrogens (tertiary/aromatic N) is 1. The molecule has 0 bridgehead atoms. The zero-order chi connectivity index (χ0) is 21.0. The van der Waals surface area contributed by atoms with Crippen LogP contribution in [0.25, 0.3) is 0 Å². The molecule has 0 spiro atoms. The van der Waals surface area contributed by atoms with E-state index in [1.54, 1.807) is 62.8 Å². The second-order valence-corrected chi connectivity index (χ2v) is 8.53. The molecule has 0 saturated heterocycles. The summed E-state index contributed by atoms with van der Waals surface area (Å²) in [5, 5.41) is 0. The Balaban J connectivity index is 2.17. The first-order chi connectivity index (χ1) is 13.9. The van der Waals surface area contributed by atoms with Gasteiger partial charge in [0.15, 0.2) is 0 Å². The van der Waals surface area contributed by atoms with Crippen LogP contribution < -0.4 is 13.8 Å². The molecule has 0 aliphatic rings. The van der Waals surface area contributed by atoms with Crippen molar-refractivity contribution in [1.82, 2.24) is 0 Å². The average molecular weight is 412 g/mol. The second-order valence-electron chi connectivity index (χ2n) is 6.71. The molecule has 3 aromatic rings. The molecule has 0 radical (unpaired) electrons. The van der Waals surface area contributed by atoms with E-state index in [0.717, 1.165) is 11.1 Å². The number of aryl methyl sites for hydroxylation is 1. The first-order valence-corrected chi connectivity index (χ1v) is 10.7. The van der Waals surface area contributed by atoms with Crippen LogP contribution >= 0.6 is 0 Å². The molecule has 0 fully saturated rings. The molecule has 0 aliphatic heterocycles. The van der Waals surface area contributed by atoms with Crippen LogP contribution in [-0.4, -0.2) is 22.6 Å². The van der Waals surface area contributed by atoms with Crippen LogP contribution in [-0.2, 0) is 10.0 Å². The van der Waals surface area contributed by atoms with Crippen LogP contribution in [0.3, 0.4) is 0 Å². The van der Waals surface area contributed by atoms with E-state index < -0.39 is 16.1 Å². The molecular weight excluding hydrogens is 386 g/mol.